The number of anilines is 1. The van der Waals surface area contributed by atoms with Crippen molar-refractivity contribution in [1.29, 1.82) is 0 Å². The number of fused-ring (bicyclic) bond motifs is 1. The number of aromatic nitrogens is 3. The fraction of sp³-hybridized carbons (Fsp3) is 0.579. The van der Waals surface area contributed by atoms with E-state index in [9.17, 15) is 0 Å². The monoisotopic (exact) mass is 373 g/mol. The molecule has 2 saturated carbocycles. The first-order chi connectivity index (χ1) is 12.5. The molecule has 2 N–H and O–H groups in total. The highest BCUT2D eigenvalue weighted by Crippen LogP contribution is 2.85. The summed E-state index contributed by atoms with van der Waals surface area (Å²) in [5, 5.41) is 5.38. The van der Waals surface area contributed by atoms with Gasteiger partial charge in [-0.2, -0.15) is 5.10 Å². The molecule has 0 amide bonds. The van der Waals surface area contributed by atoms with Crippen molar-refractivity contribution in [3.8, 4) is 11.3 Å². The van der Waals surface area contributed by atoms with Crippen LogP contribution in [0.5, 0.6) is 0 Å². The molecule has 2 aliphatic carbocycles. The van der Waals surface area contributed by atoms with Crippen molar-refractivity contribution in [3.05, 3.63) is 29.0 Å². The van der Waals surface area contributed by atoms with Gasteiger partial charge in [-0.05, 0) is 37.8 Å². The molecular weight excluding hydrogens is 350 g/mol. The number of halogens is 1. The summed E-state index contributed by atoms with van der Waals surface area (Å²) in [5.41, 5.74) is 9.28. The molecule has 0 radical (unpaired) electrons. The van der Waals surface area contributed by atoms with E-state index in [0.717, 1.165) is 36.2 Å². The van der Waals surface area contributed by atoms with Gasteiger partial charge in [-0.3, -0.25) is 9.58 Å². The molecular formula is C19H24ClN5O. The van der Waals surface area contributed by atoms with Crippen LogP contribution in [0.25, 0.3) is 11.3 Å². The van der Waals surface area contributed by atoms with E-state index in [2.05, 4.69) is 34.5 Å². The van der Waals surface area contributed by atoms with Crippen LogP contribution >= 0.6 is 11.6 Å². The summed E-state index contributed by atoms with van der Waals surface area (Å²) in [6, 6.07) is 5.09. The van der Waals surface area contributed by atoms with E-state index in [1.54, 1.807) is 13.3 Å². The van der Waals surface area contributed by atoms with E-state index in [0.29, 0.717) is 28.3 Å². The summed E-state index contributed by atoms with van der Waals surface area (Å²) < 4.78 is 7.48. The van der Waals surface area contributed by atoms with Crippen molar-refractivity contribution in [2.75, 3.05) is 32.5 Å². The molecule has 2 aromatic heterocycles. The molecule has 2 saturated heterocycles. The largest absolute Gasteiger partial charge is 0.383 e. The first-order valence-electron chi connectivity index (χ1n) is 9.24. The van der Waals surface area contributed by atoms with Gasteiger partial charge in [0.05, 0.1) is 17.3 Å². The highest BCUT2D eigenvalue weighted by atomic mass is 35.5. The Bertz CT molecular complexity index is 875. The summed E-state index contributed by atoms with van der Waals surface area (Å²) in [5.74, 6) is 1.93. The number of rotatable bonds is 6. The Hall–Kier alpha value is -1.63. The number of hydrogen-bond acceptors (Lipinski definition) is 5. The van der Waals surface area contributed by atoms with Crippen LogP contribution < -0.4 is 5.73 Å². The van der Waals surface area contributed by atoms with Gasteiger partial charge in [0.1, 0.15) is 5.82 Å². The lowest BCUT2D eigenvalue weighted by Gasteiger charge is -2.17. The standard InChI is InChI=1S/C19H24ClN5O/c1-10(2)25-15(7-14(23-25)11-6-13(20)18(21)22-8-11)19-12-9-24(4-5-26-3)17(19)16(12)19/h6-8,10,12,16-17H,4-5,9H2,1-3H3,(H2,21,22)/t12-,16-,17?,19-/m1/s1. The Morgan fingerprint density at radius 1 is 1.42 bits per heavy atom. The van der Waals surface area contributed by atoms with E-state index in [1.165, 1.54) is 12.2 Å². The van der Waals surface area contributed by atoms with Crippen molar-refractivity contribution in [1.82, 2.24) is 19.7 Å². The smallest absolute Gasteiger partial charge is 0.142 e. The zero-order chi connectivity index (χ0) is 18.2. The number of hydrogen-bond donors (Lipinski definition) is 1. The Kier molecular flexibility index (Phi) is 3.46. The van der Waals surface area contributed by atoms with Gasteiger partial charge in [0.25, 0.3) is 0 Å². The molecule has 1 unspecified atom stereocenters. The highest BCUT2D eigenvalue weighted by molar-refractivity contribution is 6.33. The minimum Gasteiger partial charge on any atom is -0.383 e. The van der Waals surface area contributed by atoms with E-state index in [4.69, 9.17) is 27.2 Å². The van der Waals surface area contributed by atoms with Crippen molar-refractivity contribution in [2.45, 2.75) is 31.3 Å². The van der Waals surface area contributed by atoms with Crippen LogP contribution in [0.1, 0.15) is 25.6 Å². The van der Waals surface area contributed by atoms with Crippen LogP contribution in [-0.4, -0.2) is 52.5 Å². The fourth-order valence-corrected chi connectivity index (χ4v) is 5.37. The summed E-state index contributed by atoms with van der Waals surface area (Å²) in [6.45, 7) is 7.39. The number of pyridine rings is 1. The molecule has 4 fully saturated rings. The van der Waals surface area contributed by atoms with Crippen molar-refractivity contribution in [3.63, 3.8) is 0 Å². The van der Waals surface area contributed by atoms with E-state index in [-0.39, 0.29) is 0 Å². The van der Waals surface area contributed by atoms with Gasteiger partial charge in [-0.25, -0.2) is 4.98 Å². The summed E-state index contributed by atoms with van der Waals surface area (Å²) in [4.78, 5) is 6.78. The topological polar surface area (TPSA) is 69.2 Å². The fourth-order valence-electron chi connectivity index (χ4n) is 5.20. The van der Waals surface area contributed by atoms with Crippen molar-refractivity contribution < 1.29 is 4.74 Å². The second-order valence-corrected chi connectivity index (χ2v) is 8.45. The third kappa shape index (κ3) is 2.01. The summed E-state index contributed by atoms with van der Waals surface area (Å²) in [6.07, 6.45) is 1.76. The minimum absolute atomic E-state index is 0.314. The highest BCUT2D eigenvalue weighted by Gasteiger charge is 2.93. The lowest BCUT2D eigenvalue weighted by molar-refractivity contribution is 0.156. The maximum Gasteiger partial charge on any atom is 0.142 e. The Labute approximate surface area is 158 Å². The second-order valence-electron chi connectivity index (χ2n) is 8.04. The number of ether oxygens (including phenoxy) is 1. The molecule has 26 heavy (non-hydrogen) atoms. The Morgan fingerprint density at radius 3 is 2.88 bits per heavy atom. The van der Waals surface area contributed by atoms with Gasteiger partial charge in [0.15, 0.2) is 0 Å². The molecule has 0 spiro atoms. The van der Waals surface area contributed by atoms with Crippen LogP contribution in [0, 0.1) is 11.8 Å². The van der Waals surface area contributed by atoms with Crippen molar-refractivity contribution in [2.24, 2.45) is 11.8 Å². The maximum absolute atomic E-state index is 6.17. The van der Waals surface area contributed by atoms with Gasteiger partial charge in [-0.15, -0.1) is 0 Å². The lowest BCUT2D eigenvalue weighted by atomic mass is 10.0. The molecule has 4 atom stereocenters. The normalized spacial score (nSPS) is 31.5. The quantitative estimate of drug-likeness (QED) is 0.842. The maximum atomic E-state index is 6.17. The number of nitrogens with zero attached hydrogens (tertiary/aromatic N) is 4. The van der Waals surface area contributed by atoms with Crippen LogP contribution in [0.2, 0.25) is 5.02 Å². The van der Waals surface area contributed by atoms with Crippen LogP contribution in [0.4, 0.5) is 5.82 Å². The number of piperidine rings is 1. The molecule has 7 heteroatoms. The van der Waals surface area contributed by atoms with Gasteiger partial charge < -0.3 is 10.5 Å². The van der Waals surface area contributed by atoms with Crippen molar-refractivity contribution >= 4 is 17.4 Å². The van der Waals surface area contributed by atoms with Crippen LogP contribution in [0.15, 0.2) is 18.3 Å². The predicted molar refractivity (Wildman–Crippen MR) is 101 cm³/mol. The third-order valence-electron chi connectivity index (χ3n) is 6.45. The second kappa shape index (κ2) is 5.44. The van der Waals surface area contributed by atoms with Gasteiger partial charge >= 0.3 is 0 Å². The summed E-state index contributed by atoms with van der Waals surface area (Å²) in [7, 11) is 1.77. The van der Waals surface area contributed by atoms with Gasteiger partial charge in [0.2, 0.25) is 0 Å². The molecule has 0 aromatic carbocycles. The molecule has 138 valence electrons. The zero-order valence-electron chi connectivity index (χ0n) is 15.3. The summed E-state index contributed by atoms with van der Waals surface area (Å²) >= 11 is 6.17. The number of nitrogens with two attached hydrogens (primary N) is 1. The first-order valence-corrected chi connectivity index (χ1v) is 9.62. The van der Waals surface area contributed by atoms with E-state index >= 15 is 0 Å². The predicted octanol–water partition coefficient (Wildman–Crippen LogP) is 2.59. The third-order valence-corrected chi connectivity index (χ3v) is 6.75. The average molecular weight is 374 g/mol. The van der Waals surface area contributed by atoms with Crippen LogP contribution in [-0.2, 0) is 10.2 Å². The molecule has 2 aromatic rings. The molecule has 2 bridgehead atoms. The first kappa shape index (κ1) is 16.5. The number of methoxy groups -OCH3 is 1. The molecule has 6 nitrogen and oxygen atoms in total. The molecule has 2 aliphatic heterocycles. The van der Waals surface area contributed by atoms with Crippen LogP contribution in [0.3, 0.4) is 0 Å². The van der Waals surface area contributed by atoms with E-state index < -0.39 is 0 Å². The SMILES string of the molecule is COCCN1C[C@@H]2[C@@H]3C1[C@@]23c1cc(-c2cnc(N)c(Cl)c2)nn1C(C)C. The van der Waals surface area contributed by atoms with Gasteiger partial charge in [0, 0.05) is 55.2 Å². The van der Waals surface area contributed by atoms with E-state index in [1.807, 2.05) is 6.07 Å². The van der Waals surface area contributed by atoms with Gasteiger partial charge in [-0.1, -0.05) is 11.6 Å². The molecule has 4 aliphatic rings. The molecule has 6 rings (SSSR count). The average Bonchev–Trinajstić information content (AvgIpc) is 3.19. The minimum atomic E-state index is 0.314. The Balaban J connectivity index is 1.49. The number of nitrogen functional groups attached to an aromatic ring is 1. The zero-order valence-corrected chi connectivity index (χ0v) is 16.1. The lowest BCUT2D eigenvalue weighted by Crippen LogP contribution is -2.27. The molecule has 4 heterocycles. The Morgan fingerprint density at radius 2 is 2.23 bits per heavy atom.